The lowest BCUT2D eigenvalue weighted by molar-refractivity contribution is -0.113. The largest absolute Gasteiger partial charge is 0.462 e. The maximum Gasteiger partial charge on any atom is 0.341 e. The van der Waals surface area contributed by atoms with E-state index in [0.717, 1.165) is 17.2 Å². The first-order valence-corrected chi connectivity index (χ1v) is 10.4. The number of carbonyl (C=O) groups is 3. The monoisotopic (exact) mass is 425 g/mol. The number of hydrogen-bond acceptors (Lipinski definition) is 8. The lowest BCUT2D eigenvalue weighted by Crippen LogP contribution is -2.17. The van der Waals surface area contributed by atoms with E-state index < -0.39 is 11.9 Å². The molecule has 0 radical (unpaired) electrons. The number of hydrogen-bond donors (Lipinski definition) is 2. The Kier molecular flexibility index (Phi) is 7.19. The van der Waals surface area contributed by atoms with Crippen LogP contribution in [0.15, 0.2) is 5.16 Å². The van der Waals surface area contributed by atoms with E-state index in [9.17, 15) is 14.4 Å². The van der Waals surface area contributed by atoms with Crippen molar-refractivity contribution in [3.8, 4) is 0 Å². The van der Waals surface area contributed by atoms with Crippen LogP contribution in [-0.2, 0) is 9.53 Å². The highest BCUT2D eigenvalue weighted by Gasteiger charge is 2.26. The Bertz CT molecular complexity index is 904. The van der Waals surface area contributed by atoms with Gasteiger partial charge in [0.05, 0.1) is 22.8 Å². The highest BCUT2D eigenvalue weighted by Crippen LogP contribution is 2.34. The minimum absolute atomic E-state index is 0.0654. The normalized spacial score (nSPS) is 10.9. The van der Waals surface area contributed by atoms with Crippen molar-refractivity contribution in [3.05, 3.63) is 21.8 Å². The predicted octanol–water partition coefficient (Wildman–Crippen LogP) is 2.54. The van der Waals surface area contributed by atoms with Crippen molar-refractivity contribution in [1.29, 1.82) is 0 Å². The van der Waals surface area contributed by atoms with Crippen LogP contribution < -0.4 is 11.1 Å². The van der Waals surface area contributed by atoms with E-state index in [-0.39, 0.29) is 39.8 Å². The van der Waals surface area contributed by atoms with E-state index in [0.29, 0.717) is 10.7 Å². The summed E-state index contributed by atoms with van der Waals surface area (Å²) in [5, 5.41) is 11.7. The fraction of sp³-hybridized carbons (Fsp3) is 0.471. The topological polar surface area (TPSA) is 129 Å². The minimum Gasteiger partial charge on any atom is -0.462 e. The molecule has 0 spiro atoms. The van der Waals surface area contributed by atoms with Crippen LogP contribution in [0.25, 0.3) is 0 Å². The molecule has 0 fully saturated rings. The summed E-state index contributed by atoms with van der Waals surface area (Å²) in [6, 6.07) is 0.161. The molecule has 0 bridgehead atoms. The quantitative estimate of drug-likeness (QED) is 0.491. The number of esters is 1. The molecule has 28 heavy (non-hydrogen) atoms. The van der Waals surface area contributed by atoms with Crippen molar-refractivity contribution in [2.24, 2.45) is 5.73 Å². The number of ether oxygens (including phenoxy) is 1. The molecule has 152 valence electrons. The van der Waals surface area contributed by atoms with Crippen molar-refractivity contribution in [2.45, 2.75) is 45.8 Å². The summed E-state index contributed by atoms with van der Waals surface area (Å²) in [7, 11) is 0. The summed E-state index contributed by atoms with van der Waals surface area (Å²) < 4.78 is 6.97. The number of aryl methyl sites for hydroxylation is 1. The van der Waals surface area contributed by atoms with Gasteiger partial charge in [-0.3, -0.25) is 9.59 Å². The van der Waals surface area contributed by atoms with Crippen LogP contribution in [0.2, 0.25) is 0 Å². The van der Waals surface area contributed by atoms with Gasteiger partial charge in [0.25, 0.3) is 5.91 Å². The fourth-order valence-electron chi connectivity index (χ4n) is 2.62. The number of primary amides is 1. The van der Waals surface area contributed by atoms with Crippen LogP contribution in [0.5, 0.6) is 0 Å². The van der Waals surface area contributed by atoms with Crippen LogP contribution in [0.1, 0.15) is 58.2 Å². The molecule has 0 atom stereocenters. The molecular weight excluding hydrogens is 402 g/mol. The zero-order valence-corrected chi connectivity index (χ0v) is 18.0. The number of aromatic nitrogens is 3. The number of amides is 2. The third-order valence-corrected chi connectivity index (χ3v) is 5.95. The molecule has 0 saturated carbocycles. The Morgan fingerprint density at radius 2 is 1.96 bits per heavy atom. The summed E-state index contributed by atoms with van der Waals surface area (Å²) in [6.45, 7) is 9.31. The second-order valence-corrected chi connectivity index (χ2v) is 8.14. The number of anilines is 1. The summed E-state index contributed by atoms with van der Waals surface area (Å²) in [5.74, 6) is -0.785. The molecule has 2 aromatic rings. The summed E-state index contributed by atoms with van der Waals surface area (Å²) in [4.78, 5) is 36.5. The molecule has 0 aliphatic heterocycles. The summed E-state index contributed by atoms with van der Waals surface area (Å²) >= 11 is 2.20. The molecular formula is C17H23N5O4S2. The number of carbonyl (C=O) groups excluding carboxylic acids is 3. The van der Waals surface area contributed by atoms with Gasteiger partial charge in [-0.05, 0) is 40.2 Å². The van der Waals surface area contributed by atoms with Gasteiger partial charge in [0.1, 0.15) is 10.8 Å². The third-order valence-electron chi connectivity index (χ3n) is 3.79. The first-order valence-electron chi connectivity index (χ1n) is 8.61. The Morgan fingerprint density at radius 1 is 1.29 bits per heavy atom. The van der Waals surface area contributed by atoms with Gasteiger partial charge in [-0.2, -0.15) is 0 Å². The molecule has 0 saturated heterocycles. The van der Waals surface area contributed by atoms with Gasteiger partial charge < -0.3 is 20.4 Å². The van der Waals surface area contributed by atoms with Crippen molar-refractivity contribution >= 4 is 45.9 Å². The van der Waals surface area contributed by atoms with Gasteiger partial charge in [0.2, 0.25) is 5.91 Å². The first kappa shape index (κ1) is 21.9. The average molecular weight is 426 g/mol. The molecule has 2 aromatic heterocycles. The number of rotatable bonds is 8. The van der Waals surface area contributed by atoms with Crippen LogP contribution in [0.4, 0.5) is 5.00 Å². The van der Waals surface area contributed by atoms with Crippen LogP contribution in [0, 0.1) is 13.8 Å². The highest BCUT2D eigenvalue weighted by molar-refractivity contribution is 7.99. The van der Waals surface area contributed by atoms with Crippen molar-refractivity contribution in [1.82, 2.24) is 14.8 Å². The van der Waals surface area contributed by atoms with E-state index in [1.165, 1.54) is 11.8 Å². The standard InChI is InChI=1S/C17H23N5O4S2/c1-6-26-16(25)12-9(4)13(14(18)24)28-15(12)19-11(23)7-27-17-21-20-10(5)22(17)8(2)3/h8H,6-7H2,1-5H3,(H2,18,24)(H,19,23). The molecule has 11 heteroatoms. The average Bonchev–Trinajstić information content (AvgIpc) is 3.13. The smallest absolute Gasteiger partial charge is 0.341 e. The van der Waals surface area contributed by atoms with E-state index in [4.69, 9.17) is 10.5 Å². The zero-order chi connectivity index (χ0) is 21.0. The zero-order valence-electron chi connectivity index (χ0n) is 16.4. The Balaban J connectivity index is 2.18. The molecule has 2 rings (SSSR count). The molecule has 9 nitrogen and oxygen atoms in total. The van der Waals surface area contributed by atoms with Crippen molar-refractivity contribution in [2.75, 3.05) is 17.7 Å². The Morgan fingerprint density at radius 3 is 2.54 bits per heavy atom. The molecule has 0 aliphatic rings. The first-order chi connectivity index (χ1) is 13.2. The predicted molar refractivity (Wildman–Crippen MR) is 108 cm³/mol. The molecule has 2 amide bonds. The SMILES string of the molecule is CCOC(=O)c1c(NC(=O)CSc2nnc(C)n2C(C)C)sc(C(N)=O)c1C. The Labute approximate surface area is 171 Å². The van der Waals surface area contributed by atoms with Gasteiger partial charge in [-0.1, -0.05) is 11.8 Å². The number of nitrogens with one attached hydrogen (secondary N) is 1. The summed E-state index contributed by atoms with van der Waals surface area (Å²) in [6.07, 6.45) is 0. The van der Waals surface area contributed by atoms with Gasteiger partial charge in [0, 0.05) is 6.04 Å². The molecule has 0 aliphatic carbocycles. The second kappa shape index (κ2) is 9.20. The second-order valence-electron chi connectivity index (χ2n) is 6.18. The lowest BCUT2D eigenvalue weighted by atomic mass is 10.1. The fourth-order valence-corrected chi connectivity index (χ4v) is 4.60. The molecule has 2 heterocycles. The maximum absolute atomic E-state index is 12.4. The van der Waals surface area contributed by atoms with Gasteiger partial charge >= 0.3 is 5.97 Å². The number of thiophene rings is 1. The van der Waals surface area contributed by atoms with Gasteiger partial charge in [0.15, 0.2) is 5.16 Å². The Hall–Kier alpha value is -2.40. The van der Waals surface area contributed by atoms with Crippen LogP contribution in [0.3, 0.4) is 0 Å². The van der Waals surface area contributed by atoms with E-state index in [1.54, 1.807) is 13.8 Å². The molecule has 0 unspecified atom stereocenters. The lowest BCUT2D eigenvalue weighted by Gasteiger charge is -2.11. The van der Waals surface area contributed by atoms with Gasteiger partial charge in [-0.15, -0.1) is 21.5 Å². The van der Waals surface area contributed by atoms with E-state index in [1.807, 2.05) is 25.3 Å². The third kappa shape index (κ3) is 4.71. The van der Waals surface area contributed by atoms with Crippen molar-refractivity contribution < 1.29 is 19.1 Å². The highest BCUT2D eigenvalue weighted by atomic mass is 32.2. The maximum atomic E-state index is 12.4. The van der Waals surface area contributed by atoms with Crippen molar-refractivity contribution in [3.63, 3.8) is 0 Å². The minimum atomic E-state index is -0.663. The van der Waals surface area contributed by atoms with Crippen LogP contribution in [-0.4, -0.2) is 44.9 Å². The number of nitrogens with zero attached hydrogens (tertiary/aromatic N) is 3. The van der Waals surface area contributed by atoms with Crippen LogP contribution >= 0.6 is 23.1 Å². The van der Waals surface area contributed by atoms with Gasteiger partial charge in [-0.25, -0.2) is 4.79 Å². The molecule has 0 aromatic carbocycles. The van der Waals surface area contributed by atoms with E-state index >= 15 is 0 Å². The summed E-state index contributed by atoms with van der Waals surface area (Å²) in [5.41, 5.74) is 5.92. The number of thioether (sulfide) groups is 1. The number of nitrogens with two attached hydrogens (primary N) is 1. The van der Waals surface area contributed by atoms with E-state index in [2.05, 4.69) is 15.5 Å². The molecule has 3 N–H and O–H groups in total.